The van der Waals surface area contributed by atoms with E-state index in [1.54, 1.807) is 19.2 Å². The molecule has 7 nitrogen and oxygen atoms in total. The molecule has 0 aliphatic carbocycles. The summed E-state index contributed by atoms with van der Waals surface area (Å²) in [5.74, 6) is -0.256. The second-order valence-electron chi connectivity index (χ2n) is 3.63. The lowest BCUT2D eigenvalue weighted by atomic mass is 10.4. The molecule has 1 aromatic rings. The van der Waals surface area contributed by atoms with Gasteiger partial charge in [-0.3, -0.25) is 0 Å². The van der Waals surface area contributed by atoms with Crippen molar-refractivity contribution in [1.29, 1.82) is 0 Å². The van der Waals surface area contributed by atoms with E-state index in [4.69, 9.17) is 0 Å². The number of sulfone groups is 1. The number of nitrogens with zero attached hydrogens (tertiary/aromatic N) is 1. The van der Waals surface area contributed by atoms with Crippen LogP contribution in [0.3, 0.4) is 0 Å². The molecule has 0 unspecified atom stereocenters. The van der Waals surface area contributed by atoms with E-state index in [0.29, 0.717) is 5.69 Å². The average molecular weight is 293 g/mol. The molecule has 0 atom stereocenters. The van der Waals surface area contributed by atoms with Crippen molar-refractivity contribution >= 4 is 25.5 Å². The van der Waals surface area contributed by atoms with Crippen LogP contribution in [0.15, 0.2) is 23.4 Å². The van der Waals surface area contributed by atoms with E-state index in [2.05, 4.69) is 15.0 Å². The van der Waals surface area contributed by atoms with Gasteiger partial charge in [-0.2, -0.15) is 0 Å². The first kappa shape index (κ1) is 14.9. The summed E-state index contributed by atoms with van der Waals surface area (Å²) in [6, 6.07) is 3.17. The Balaban J connectivity index is 2.87. The molecule has 0 aliphatic rings. The first-order chi connectivity index (χ1) is 8.26. The Morgan fingerprint density at radius 3 is 2.50 bits per heavy atom. The molecule has 0 fully saturated rings. The van der Waals surface area contributed by atoms with Crippen molar-refractivity contribution in [2.24, 2.45) is 0 Å². The topological polar surface area (TPSA) is 105 Å². The number of rotatable bonds is 6. The maximum Gasteiger partial charge on any atom is 0.260 e. The lowest BCUT2D eigenvalue weighted by Crippen LogP contribution is -2.30. The maximum absolute atomic E-state index is 11.9. The number of pyridine rings is 1. The van der Waals surface area contributed by atoms with Gasteiger partial charge in [0.2, 0.25) is 0 Å². The van der Waals surface area contributed by atoms with Gasteiger partial charge in [-0.15, -0.1) is 0 Å². The van der Waals surface area contributed by atoms with Crippen molar-refractivity contribution in [3.63, 3.8) is 0 Å². The largest absolute Gasteiger partial charge is 0.386 e. The van der Waals surface area contributed by atoms with Crippen molar-refractivity contribution in [2.75, 3.05) is 30.9 Å². The highest BCUT2D eigenvalue weighted by molar-refractivity contribution is 7.91. The minimum absolute atomic E-state index is 0.152. The van der Waals surface area contributed by atoms with E-state index in [-0.39, 0.29) is 17.3 Å². The molecule has 1 aromatic heterocycles. The number of sulfonamides is 1. The number of hydrogen-bond donors (Lipinski definition) is 2. The third-order valence-electron chi connectivity index (χ3n) is 2.06. The summed E-state index contributed by atoms with van der Waals surface area (Å²) in [6.07, 6.45) is 2.40. The fourth-order valence-corrected chi connectivity index (χ4v) is 2.99. The molecule has 18 heavy (non-hydrogen) atoms. The lowest BCUT2D eigenvalue weighted by molar-refractivity contribution is 0.579. The van der Waals surface area contributed by atoms with Gasteiger partial charge in [0.05, 0.1) is 11.4 Å². The van der Waals surface area contributed by atoms with E-state index >= 15 is 0 Å². The van der Waals surface area contributed by atoms with Crippen molar-refractivity contribution in [3.8, 4) is 0 Å². The zero-order valence-corrected chi connectivity index (χ0v) is 11.7. The van der Waals surface area contributed by atoms with Gasteiger partial charge in [0.1, 0.15) is 9.84 Å². The van der Waals surface area contributed by atoms with Crippen molar-refractivity contribution in [2.45, 2.75) is 5.03 Å². The van der Waals surface area contributed by atoms with Gasteiger partial charge in [0.15, 0.2) is 5.03 Å². The van der Waals surface area contributed by atoms with Crippen LogP contribution in [0.4, 0.5) is 5.69 Å². The van der Waals surface area contributed by atoms with Gasteiger partial charge in [-0.25, -0.2) is 26.5 Å². The van der Waals surface area contributed by atoms with Crippen LogP contribution in [0.25, 0.3) is 0 Å². The molecule has 1 rings (SSSR count). The predicted octanol–water partition coefficient (Wildman–Crippen LogP) is -0.554. The van der Waals surface area contributed by atoms with Crippen molar-refractivity contribution < 1.29 is 16.8 Å². The van der Waals surface area contributed by atoms with E-state index in [0.717, 1.165) is 6.26 Å². The monoisotopic (exact) mass is 293 g/mol. The van der Waals surface area contributed by atoms with E-state index in [9.17, 15) is 16.8 Å². The Morgan fingerprint density at radius 1 is 1.28 bits per heavy atom. The Kier molecular flexibility index (Phi) is 4.65. The molecule has 0 bridgehead atoms. The molecule has 0 aromatic carbocycles. The average Bonchev–Trinajstić information content (AvgIpc) is 2.27. The molecular weight excluding hydrogens is 278 g/mol. The molecule has 0 saturated carbocycles. The fourth-order valence-electron chi connectivity index (χ4n) is 1.23. The fraction of sp³-hybridized carbons (Fsp3) is 0.444. The Labute approximate surface area is 107 Å². The summed E-state index contributed by atoms with van der Waals surface area (Å²) in [7, 11) is -5.44. The normalized spacial score (nSPS) is 12.3. The second kappa shape index (κ2) is 5.63. The van der Waals surface area contributed by atoms with Crippen LogP contribution < -0.4 is 10.0 Å². The molecule has 1 heterocycles. The standard InChI is InChI=1S/C9H15N3O4S2/c1-10-8-4-3-5-11-9(8)18(15,16)12-6-7-17(2,13)14/h3-5,10,12H,6-7H2,1-2H3. The first-order valence-electron chi connectivity index (χ1n) is 5.06. The number of aromatic nitrogens is 1. The third-order valence-corrected chi connectivity index (χ3v) is 4.42. The van der Waals surface area contributed by atoms with Crippen LogP contribution >= 0.6 is 0 Å². The third kappa shape index (κ3) is 4.24. The van der Waals surface area contributed by atoms with Crippen LogP contribution in [0.5, 0.6) is 0 Å². The van der Waals surface area contributed by atoms with Crippen molar-refractivity contribution in [1.82, 2.24) is 9.71 Å². The highest BCUT2D eigenvalue weighted by atomic mass is 32.2. The van der Waals surface area contributed by atoms with Crippen molar-refractivity contribution in [3.05, 3.63) is 18.3 Å². The second-order valence-corrected chi connectivity index (χ2v) is 7.58. The van der Waals surface area contributed by atoms with Gasteiger partial charge in [-0.05, 0) is 12.1 Å². The Hall–Kier alpha value is -1.19. The smallest absolute Gasteiger partial charge is 0.260 e. The van der Waals surface area contributed by atoms with Crippen LogP contribution in [-0.2, 0) is 19.9 Å². The minimum Gasteiger partial charge on any atom is -0.386 e. The predicted molar refractivity (Wildman–Crippen MR) is 68.7 cm³/mol. The van der Waals surface area contributed by atoms with E-state index in [1.165, 1.54) is 6.20 Å². The number of nitrogens with one attached hydrogen (secondary N) is 2. The molecule has 0 aliphatic heterocycles. The van der Waals surface area contributed by atoms with E-state index < -0.39 is 19.9 Å². The molecule has 0 saturated heterocycles. The summed E-state index contributed by atoms with van der Waals surface area (Å²) >= 11 is 0. The van der Waals surface area contributed by atoms with Gasteiger partial charge in [0, 0.05) is 26.0 Å². The number of anilines is 1. The van der Waals surface area contributed by atoms with Crippen LogP contribution in [-0.4, -0.2) is 47.4 Å². The van der Waals surface area contributed by atoms with Gasteiger partial charge in [0.25, 0.3) is 10.0 Å². The first-order valence-corrected chi connectivity index (χ1v) is 8.61. The Morgan fingerprint density at radius 2 is 1.94 bits per heavy atom. The zero-order chi connectivity index (χ0) is 13.8. The van der Waals surface area contributed by atoms with Gasteiger partial charge >= 0.3 is 0 Å². The molecule has 0 amide bonds. The quantitative estimate of drug-likeness (QED) is 0.729. The van der Waals surface area contributed by atoms with E-state index in [1.807, 2.05) is 0 Å². The summed E-state index contributed by atoms with van der Waals surface area (Å²) in [5, 5.41) is 2.56. The molecule has 102 valence electrons. The molecule has 2 N–H and O–H groups in total. The summed E-state index contributed by atoms with van der Waals surface area (Å²) < 4.78 is 47.8. The SMILES string of the molecule is CNc1cccnc1S(=O)(=O)NCCS(C)(=O)=O. The Bertz CT molecular complexity index is 610. The van der Waals surface area contributed by atoms with Crippen LogP contribution in [0.1, 0.15) is 0 Å². The number of hydrogen-bond acceptors (Lipinski definition) is 6. The highest BCUT2D eigenvalue weighted by Gasteiger charge is 2.19. The molecule has 9 heteroatoms. The lowest BCUT2D eigenvalue weighted by Gasteiger charge is -2.09. The molecule has 0 radical (unpaired) electrons. The van der Waals surface area contributed by atoms with Crippen LogP contribution in [0, 0.1) is 0 Å². The highest BCUT2D eigenvalue weighted by Crippen LogP contribution is 2.16. The van der Waals surface area contributed by atoms with Gasteiger partial charge < -0.3 is 5.32 Å². The minimum atomic E-state index is -3.81. The molecular formula is C9H15N3O4S2. The molecule has 0 spiro atoms. The summed E-state index contributed by atoms with van der Waals surface area (Å²) in [5.41, 5.74) is 0.351. The van der Waals surface area contributed by atoms with Gasteiger partial charge in [-0.1, -0.05) is 0 Å². The van der Waals surface area contributed by atoms with Crippen LogP contribution in [0.2, 0.25) is 0 Å². The summed E-state index contributed by atoms with van der Waals surface area (Å²) in [6.45, 7) is -0.180. The summed E-state index contributed by atoms with van der Waals surface area (Å²) in [4.78, 5) is 3.77. The maximum atomic E-state index is 11.9. The zero-order valence-electron chi connectivity index (χ0n) is 10.0.